The molecule has 0 aliphatic carbocycles. The largest absolute Gasteiger partial charge is 0.417 e. The van der Waals surface area contributed by atoms with Crippen molar-refractivity contribution in [2.45, 2.75) is 6.42 Å². The molecule has 82 valence electrons. The zero-order valence-electron chi connectivity index (χ0n) is 8.86. The summed E-state index contributed by atoms with van der Waals surface area (Å²) in [5.41, 5.74) is 2.32. The molecule has 0 amide bonds. The first kappa shape index (κ1) is 10.3. The molecule has 0 saturated carbocycles. The fourth-order valence-corrected chi connectivity index (χ4v) is 1.50. The molecule has 0 unspecified atom stereocenters. The van der Waals surface area contributed by atoms with Gasteiger partial charge in [-0.3, -0.25) is 4.98 Å². The van der Waals surface area contributed by atoms with Crippen LogP contribution in [0, 0.1) is 11.5 Å². The number of nitrogens with one attached hydrogen (secondary N) is 1. The second-order valence-corrected chi connectivity index (χ2v) is 3.62. The van der Waals surface area contributed by atoms with Crippen molar-refractivity contribution in [3.63, 3.8) is 0 Å². The van der Waals surface area contributed by atoms with E-state index in [1.54, 1.807) is 18.0 Å². The summed E-state index contributed by atoms with van der Waals surface area (Å²) in [5.74, 6) is -0.443. The lowest BCUT2D eigenvalue weighted by atomic mass is 10.1. The van der Waals surface area contributed by atoms with Gasteiger partial charge in [0.2, 0.25) is 0 Å². The fraction of sp³-hybridized carbons (Fsp3) is 0.273. The van der Waals surface area contributed by atoms with E-state index in [1.165, 1.54) is 0 Å². The third kappa shape index (κ3) is 2.06. The molecule has 16 heavy (non-hydrogen) atoms. The van der Waals surface area contributed by atoms with Crippen LogP contribution in [0.15, 0.2) is 27.4 Å². The van der Waals surface area contributed by atoms with Gasteiger partial charge in [0.1, 0.15) is 0 Å². The van der Waals surface area contributed by atoms with Crippen molar-refractivity contribution in [2.24, 2.45) is 0 Å². The van der Waals surface area contributed by atoms with Gasteiger partial charge in [-0.2, -0.15) is 5.26 Å². The molecular weight excluding hydrogens is 206 g/mol. The Balaban J connectivity index is 2.20. The number of nitriles is 1. The summed E-state index contributed by atoms with van der Waals surface area (Å²) in [6.07, 6.45) is 2.79. The lowest BCUT2D eigenvalue weighted by molar-refractivity contribution is 0.478. The average molecular weight is 217 g/mol. The molecule has 0 saturated heterocycles. The summed E-state index contributed by atoms with van der Waals surface area (Å²) in [6, 6.07) is 5.52. The number of nitrogens with zero attached hydrogens (tertiary/aromatic N) is 2. The molecule has 5 heteroatoms. The highest BCUT2D eigenvalue weighted by atomic mass is 16.4. The zero-order chi connectivity index (χ0) is 11.5. The van der Waals surface area contributed by atoms with Gasteiger partial charge in [0.05, 0.1) is 5.52 Å². The summed E-state index contributed by atoms with van der Waals surface area (Å²) in [6.45, 7) is 0.657. The van der Waals surface area contributed by atoms with Crippen molar-refractivity contribution in [3.8, 4) is 6.19 Å². The molecule has 1 N–H and O–H groups in total. The number of likely N-dealkylation sites (N-methyl/N-ethyl adjacent to an activating group) is 1. The van der Waals surface area contributed by atoms with Crippen LogP contribution in [0.4, 0.5) is 0 Å². The van der Waals surface area contributed by atoms with E-state index < -0.39 is 5.76 Å². The standard InChI is InChI=1S/C11H11N3O2/c1-14(7-12)5-4-8-2-3-10-9(6-8)13-11(15)16-10/h2-3,6H,4-5H2,1H3,(H,13,15). The second kappa shape index (κ2) is 4.11. The topological polar surface area (TPSA) is 73.0 Å². The molecule has 1 aromatic carbocycles. The summed E-state index contributed by atoms with van der Waals surface area (Å²) in [4.78, 5) is 15.1. The van der Waals surface area contributed by atoms with E-state index in [9.17, 15) is 4.79 Å². The molecule has 2 aromatic rings. The minimum absolute atomic E-state index is 0.443. The number of hydrogen-bond acceptors (Lipinski definition) is 4. The SMILES string of the molecule is CN(C#N)CCc1ccc2oc(=O)[nH]c2c1. The Morgan fingerprint density at radius 1 is 1.56 bits per heavy atom. The minimum atomic E-state index is -0.443. The summed E-state index contributed by atoms with van der Waals surface area (Å²) < 4.78 is 4.90. The predicted octanol–water partition coefficient (Wildman–Crippen LogP) is 1.08. The smallest absolute Gasteiger partial charge is 0.408 e. The maximum absolute atomic E-state index is 10.9. The van der Waals surface area contributed by atoms with E-state index in [0.29, 0.717) is 17.6 Å². The highest BCUT2D eigenvalue weighted by Gasteiger charge is 2.02. The second-order valence-electron chi connectivity index (χ2n) is 3.62. The van der Waals surface area contributed by atoms with Gasteiger partial charge in [0.15, 0.2) is 11.8 Å². The first-order valence-corrected chi connectivity index (χ1v) is 4.91. The highest BCUT2D eigenvalue weighted by Crippen LogP contribution is 2.12. The van der Waals surface area contributed by atoms with E-state index in [4.69, 9.17) is 9.68 Å². The molecule has 5 nitrogen and oxygen atoms in total. The monoisotopic (exact) mass is 217 g/mol. The number of oxazole rings is 1. The van der Waals surface area contributed by atoms with Crippen LogP contribution >= 0.6 is 0 Å². The van der Waals surface area contributed by atoms with Crippen molar-refractivity contribution < 1.29 is 4.42 Å². The number of rotatable bonds is 3. The van der Waals surface area contributed by atoms with Crippen molar-refractivity contribution in [3.05, 3.63) is 34.3 Å². The Morgan fingerprint density at radius 3 is 3.12 bits per heavy atom. The first-order chi connectivity index (χ1) is 7.69. The highest BCUT2D eigenvalue weighted by molar-refractivity contribution is 5.72. The molecule has 0 bridgehead atoms. The van der Waals surface area contributed by atoms with Crippen molar-refractivity contribution in [1.82, 2.24) is 9.88 Å². The van der Waals surface area contributed by atoms with Crippen LogP contribution in [0.2, 0.25) is 0 Å². The normalized spacial score (nSPS) is 10.2. The Hall–Kier alpha value is -2.22. The van der Waals surface area contributed by atoms with Crippen LogP contribution in [-0.4, -0.2) is 23.5 Å². The van der Waals surface area contributed by atoms with Crippen LogP contribution in [0.5, 0.6) is 0 Å². The Bertz CT molecular complexity index is 591. The maximum atomic E-state index is 10.9. The van der Waals surface area contributed by atoms with E-state index >= 15 is 0 Å². The van der Waals surface area contributed by atoms with Gasteiger partial charge in [-0.05, 0) is 24.1 Å². The van der Waals surface area contributed by atoms with E-state index in [1.807, 2.05) is 18.3 Å². The quantitative estimate of drug-likeness (QED) is 0.616. The maximum Gasteiger partial charge on any atom is 0.417 e. The molecule has 1 heterocycles. The van der Waals surface area contributed by atoms with Crippen LogP contribution in [0.25, 0.3) is 11.1 Å². The number of fused-ring (bicyclic) bond motifs is 1. The van der Waals surface area contributed by atoms with Crippen LogP contribution in [-0.2, 0) is 6.42 Å². The van der Waals surface area contributed by atoms with Crippen LogP contribution in [0.3, 0.4) is 0 Å². The Kier molecular flexibility index (Phi) is 2.64. The van der Waals surface area contributed by atoms with Crippen molar-refractivity contribution in [1.29, 1.82) is 5.26 Å². The number of benzene rings is 1. The third-order valence-corrected chi connectivity index (χ3v) is 2.39. The van der Waals surface area contributed by atoms with E-state index in [2.05, 4.69) is 4.98 Å². The molecule has 0 aliphatic heterocycles. The van der Waals surface area contributed by atoms with Crippen molar-refractivity contribution in [2.75, 3.05) is 13.6 Å². The van der Waals surface area contributed by atoms with Crippen LogP contribution < -0.4 is 5.76 Å². The van der Waals surface area contributed by atoms with E-state index in [-0.39, 0.29) is 0 Å². The summed E-state index contributed by atoms with van der Waals surface area (Å²) in [5, 5.41) is 8.60. The molecule has 1 aromatic heterocycles. The predicted molar refractivity (Wildman–Crippen MR) is 58.8 cm³/mol. The van der Waals surface area contributed by atoms with Gasteiger partial charge < -0.3 is 9.32 Å². The van der Waals surface area contributed by atoms with Gasteiger partial charge in [-0.25, -0.2) is 4.79 Å². The van der Waals surface area contributed by atoms with Gasteiger partial charge in [-0.15, -0.1) is 0 Å². The average Bonchev–Trinajstić information content (AvgIpc) is 2.65. The lowest BCUT2D eigenvalue weighted by Gasteiger charge is -2.07. The molecule has 2 rings (SSSR count). The third-order valence-electron chi connectivity index (χ3n) is 2.39. The molecule has 0 aliphatic rings. The van der Waals surface area contributed by atoms with Gasteiger partial charge in [-0.1, -0.05) is 6.07 Å². The lowest BCUT2D eigenvalue weighted by Crippen LogP contribution is -2.14. The molecule has 0 radical (unpaired) electrons. The summed E-state index contributed by atoms with van der Waals surface area (Å²) >= 11 is 0. The molecule has 0 atom stereocenters. The molecule has 0 spiro atoms. The van der Waals surface area contributed by atoms with Gasteiger partial charge in [0.25, 0.3) is 0 Å². The number of H-pyrrole nitrogens is 1. The molecular formula is C11H11N3O2. The first-order valence-electron chi connectivity index (χ1n) is 4.91. The number of hydrogen-bond donors (Lipinski definition) is 1. The summed E-state index contributed by atoms with van der Waals surface area (Å²) in [7, 11) is 1.73. The zero-order valence-corrected chi connectivity index (χ0v) is 8.86. The van der Waals surface area contributed by atoms with Gasteiger partial charge in [0, 0.05) is 13.6 Å². The minimum Gasteiger partial charge on any atom is -0.408 e. The Morgan fingerprint density at radius 2 is 2.38 bits per heavy atom. The van der Waals surface area contributed by atoms with E-state index in [0.717, 1.165) is 12.0 Å². The Labute approximate surface area is 91.9 Å². The molecule has 0 fully saturated rings. The number of aromatic amines is 1. The van der Waals surface area contributed by atoms with Gasteiger partial charge >= 0.3 is 5.76 Å². The van der Waals surface area contributed by atoms with Crippen LogP contribution in [0.1, 0.15) is 5.56 Å². The fourth-order valence-electron chi connectivity index (χ4n) is 1.50. The van der Waals surface area contributed by atoms with Crippen molar-refractivity contribution >= 4 is 11.1 Å². The number of aromatic nitrogens is 1.